The van der Waals surface area contributed by atoms with Gasteiger partial charge in [-0.1, -0.05) is 0 Å². The first-order valence-electron chi connectivity index (χ1n) is 7.84. The number of carbonyl (C=O) groups excluding carboxylic acids is 2. The molecule has 0 aliphatic carbocycles. The number of nitrogens with two attached hydrogens (primary N) is 2. The highest BCUT2D eigenvalue weighted by Crippen LogP contribution is 2.14. The molecule has 2 amide bonds. The molecule has 0 spiro atoms. The van der Waals surface area contributed by atoms with Crippen molar-refractivity contribution in [1.82, 2.24) is 9.80 Å². The van der Waals surface area contributed by atoms with Gasteiger partial charge in [-0.05, 0) is 48.5 Å². The third kappa shape index (κ3) is 3.32. The predicted molar refractivity (Wildman–Crippen MR) is 93.5 cm³/mol. The largest absolute Gasteiger partial charge is 0.399 e. The smallest absolute Gasteiger partial charge is 0.253 e. The molecular formula is C18H20N4O2. The Kier molecular flexibility index (Phi) is 4.37. The molecule has 124 valence electrons. The topological polar surface area (TPSA) is 92.7 Å². The highest BCUT2D eigenvalue weighted by Gasteiger charge is 2.25. The average Bonchev–Trinajstić information content (AvgIpc) is 2.62. The van der Waals surface area contributed by atoms with E-state index in [9.17, 15) is 9.59 Å². The first-order valence-corrected chi connectivity index (χ1v) is 7.84. The average molecular weight is 324 g/mol. The van der Waals surface area contributed by atoms with Crippen LogP contribution in [0.2, 0.25) is 0 Å². The third-order valence-corrected chi connectivity index (χ3v) is 4.17. The normalized spacial score (nSPS) is 14.5. The first kappa shape index (κ1) is 15.9. The fourth-order valence-corrected chi connectivity index (χ4v) is 2.73. The number of benzene rings is 2. The summed E-state index contributed by atoms with van der Waals surface area (Å²) < 4.78 is 0. The molecular weight excluding hydrogens is 304 g/mol. The number of piperazine rings is 1. The lowest BCUT2D eigenvalue weighted by molar-refractivity contribution is 0.0535. The molecule has 1 saturated heterocycles. The lowest BCUT2D eigenvalue weighted by atomic mass is 10.1. The summed E-state index contributed by atoms with van der Waals surface area (Å²) in [6.45, 7) is 2.07. The zero-order valence-corrected chi connectivity index (χ0v) is 13.3. The molecule has 0 saturated carbocycles. The quantitative estimate of drug-likeness (QED) is 0.818. The Labute approximate surface area is 140 Å². The minimum Gasteiger partial charge on any atom is -0.399 e. The van der Waals surface area contributed by atoms with E-state index in [-0.39, 0.29) is 11.8 Å². The van der Waals surface area contributed by atoms with Crippen LogP contribution in [0.15, 0.2) is 48.5 Å². The van der Waals surface area contributed by atoms with Gasteiger partial charge in [0.2, 0.25) is 0 Å². The second-order valence-corrected chi connectivity index (χ2v) is 5.83. The van der Waals surface area contributed by atoms with E-state index < -0.39 is 0 Å². The fourth-order valence-electron chi connectivity index (χ4n) is 2.73. The molecule has 1 aliphatic rings. The Morgan fingerprint density at radius 2 is 0.917 bits per heavy atom. The van der Waals surface area contributed by atoms with Crippen molar-refractivity contribution >= 4 is 23.2 Å². The van der Waals surface area contributed by atoms with Crippen LogP contribution in [0.4, 0.5) is 11.4 Å². The highest BCUT2D eigenvalue weighted by atomic mass is 16.2. The zero-order valence-electron chi connectivity index (χ0n) is 13.3. The molecule has 1 aliphatic heterocycles. The van der Waals surface area contributed by atoms with Gasteiger partial charge in [0.05, 0.1) is 0 Å². The van der Waals surface area contributed by atoms with E-state index in [0.29, 0.717) is 48.7 Å². The van der Waals surface area contributed by atoms with Crippen LogP contribution >= 0.6 is 0 Å². The predicted octanol–water partition coefficient (Wildman–Crippen LogP) is 1.45. The second-order valence-electron chi connectivity index (χ2n) is 5.83. The summed E-state index contributed by atoms with van der Waals surface area (Å²) >= 11 is 0. The van der Waals surface area contributed by atoms with Crippen LogP contribution in [0.5, 0.6) is 0 Å². The van der Waals surface area contributed by atoms with Crippen molar-refractivity contribution in [2.24, 2.45) is 0 Å². The standard InChI is InChI=1S/C18H20N4O2/c19-15-5-1-13(2-6-15)17(23)21-9-11-22(12-10-21)18(24)14-3-7-16(20)8-4-14/h1-8H,9-12,19-20H2. The van der Waals surface area contributed by atoms with E-state index in [4.69, 9.17) is 11.5 Å². The Morgan fingerprint density at radius 3 is 1.21 bits per heavy atom. The maximum absolute atomic E-state index is 12.5. The molecule has 0 radical (unpaired) electrons. The number of anilines is 2. The first-order chi connectivity index (χ1) is 11.5. The van der Waals surface area contributed by atoms with Gasteiger partial charge in [0.15, 0.2) is 0 Å². The number of carbonyl (C=O) groups is 2. The maximum atomic E-state index is 12.5. The summed E-state index contributed by atoms with van der Waals surface area (Å²) in [4.78, 5) is 28.4. The minimum atomic E-state index is -0.0328. The Bertz CT molecular complexity index is 667. The summed E-state index contributed by atoms with van der Waals surface area (Å²) in [6, 6.07) is 13.8. The molecule has 2 aromatic carbocycles. The van der Waals surface area contributed by atoms with Crippen LogP contribution in [-0.2, 0) is 0 Å². The molecule has 4 N–H and O–H groups in total. The molecule has 24 heavy (non-hydrogen) atoms. The minimum absolute atomic E-state index is 0.0328. The van der Waals surface area contributed by atoms with Gasteiger partial charge >= 0.3 is 0 Å². The number of rotatable bonds is 2. The van der Waals surface area contributed by atoms with Crippen molar-refractivity contribution in [3.8, 4) is 0 Å². The van der Waals surface area contributed by atoms with Gasteiger partial charge < -0.3 is 21.3 Å². The molecule has 6 heteroatoms. The van der Waals surface area contributed by atoms with Gasteiger partial charge in [-0.2, -0.15) is 0 Å². The van der Waals surface area contributed by atoms with Gasteiger partial charge in [0, 0.05) is 48.7 Å². The maximum Gasteiger partial charge on any atom is 0.253 e. The second kappa shape index (κ2) is 6.62. The molecule has 1 heterocycles. The van der Waals surface area contributed by atoms with Crippen molar-refractivity contribution in [1.29, 1.82) is 0 Å². The number of amides is 2. The van der Waals surface area contributed by atoms with Crippen LogP contribution in [0.25, 0.3) is 0 Å². The molecule has 0 atom stereocenters. The summed E-state index contributed by atoms with van der Waals surface area (Å²) in [5, 5.41) is 0. The summed E-state index contributed by atoms with van der Waals surface area (Å²) in [5.74, 6) is -0.0656. The van der Waals surface area contributed by atoms with E-state index in [1.807, 2.05) is 0 Å². The highest BCUT2D eigenvalue weighted by molar-refractivity contribution is 5.96. The lowest BCUT2D eigenvalue weighted by Gasteiger charge is -2.35. The Morgan fingerprint density at radius 1 is 0.625 bits per heavy atom. The molecule has 3 rings (SSSR count). The number of hydrogen-bond donors (Lipinski definition) is 2. The molecule has 6 nitrogen and oxygen atoms in total. The van der Waals surface area contributed by atoms with Crippen molar-refractivity contribution in [2.45, 2.75) is 0 Å². The van der Waals surface area contributed by atoms with Crippen molar-refractivity contribution < 1.29 is 9.59 Å². The van der Waals surface area contributed by atoms with Crippen LogP contribution in [0.1, 0.15) is 20.7 Å². The van der Waals surface area contributed by atoms with Gasteiger partial charge in [0.1, 0.15) is 0 Å². The van der Waals surface area contributed by atoms with Crippen molar-refractivity contribution in [3.63, 3.8) is 0 Å². The number of hydrogen-bond acceptors (Lipinski definition) is 4. The van der Waals surface area contributed by atoms with Crippen molar-refractivity contribution in [2.75, 3.05) is 37.6 Å². The van der Waals surface area contributed by atoms with E-state index in [1.54, 1.807) is 58.3 Å². The van der Waals surface area contributed by atoms with Crippen molar-refractivity contribution in [3.05, 3.63) is 59.7 Å². The van der Waals surface area contributed by atoms with Gasteiger partial charge in [-0.25, -0.2) is 0 Å². The Balaban J connectivity index is 1.61. The van der Waals surface area contributed by atoms with Crippen LogP contribution in [0.3, 0.4) is 0 Å². The fraction of sp³-hybridized carbons (Fsp3) is 0.222. The number of nitrogens with zero attached hydrogens (tertiary/aromatic N) is 2. The van der Waals surface area contributed by atoms with Crippen LogP contribution < -0.4 is 11.5 Å². The SMILES string of the molecule is Nc1ccc(C(=O)N2CCN(C(=O)c3ccc(N)cc3)CC2)cc1. The van der Waals surface area contributed by atoms with E-state index in [2.05, 4.69) is 0 Å². The molecule has 0 unspecified atom stereocenters. The summed E-state index contributed by atoms with van der Waals surface area (Å²) in [7, 11) is 0. The van der Waals surface area contributed by atoms with E-state index in [0.717, 1.165) is 0 Å². The summed E-state index contributed by atoms with van der Waals surface area (Å²) in [5.41, 5.74) is 13.8. The Hall–Kier alpha value is -3.02. The lowest BCUT2D eigenvalue weighted by Crippen LogP contribution is -2.50. The van der Waals surface area contributed by atoms with Gasteiger partial charge in [-0.15, -0.1) is 0 Å². The van der Waals surface area contributed by atoms with Gasteiger partial charge in [0.25, 0.3) is 11.8 Å². The van der Waals surface area contributed by atoms with Crippen LogP contribution in [-0.4, -0.2) is 47.8 Å². The monoisotopic (exact) mass is 324 g/mol. The molecule has 1 fully saturated rings. The van der Waals surface area contributed by atoms with Gasteiger partial charge in [-0.3, -0.25) is 9.59 Å². The summed E-state index contributed by atoms with van der Waals surface area (Å²) in [6.07, 6.45) is 0. The van der Waals surface area contributed by atoms with E-state index in [1.165, 1.54) is 0 Å². The molecule has 0 bridgehead atoms. The third-order valence-electron chi connectivity index (χ3n) is 4.17. The van der Waals surface area contributed by atoms with E-state index >= 15 is 0 Å². The van der Waals surface area contributed by atoms with Crippen LogP contribution in [0, 0.1) is 0 Å². The number of nitrogen functional groups attached to an aromatic ring is 2. The molecule has 0 aromatic heterocycles. The zero-order chi connectivity index (χ0) is 17.1. The molecule has 2 aromatic rings.